The Morgan fingerprint density at radius 3 is 2.55 bits per heavy atom. The van der Waals surface area contributed by atoms with Gasteiger partial charge in [-0.15, -0.1) is 0 Å². The average molecular weight is 168 g/mol. The average Bonchev–Trinajstić information content (AvgIpc) is 2.06. The molecule has 3 nitrogen and oxygen atoms in total. The molecule has 1 unspecified atom stereocenters. The van der Waals surface area contributed by atoms with Gasteiger partial charge >= 0.3 is 0 Å². The molecule has 11 heavy (non-hydrogen) atoms. The first-order valence-electron chi connectivity index (χ1n) is 3.11. The summed E-state index contributed by atoms with van der Waals surface area (Å²) in [5.74, 6) is 0.660. The molecule has 1 atom stereocenters. The van der Waals surface area contributed by atoms with E-state index in [2.05, 4.69) is 14.5 Å². The number of rotatable bonds is 1. The van der Waals surface area contributed by atoms with Gasteiger partial charge in [-0.2, -0.15) is 0 Å². The van der Waals surface area contributed by atoms with Crippen molar-refractivity contribution in [3.63, 3.8) is 0 Å². The summed E-state index contributed by atoms with van der Waals surface area (Å²) in [6, 6.07) is 9.19. The molecule has 1 aromatic rings. The van der Waals surface area contributed by atoms with Crippen molar-refractivity contribution in [2.45, 2.75) is 0 Å². The van der Waals surface area contributed by atoms with E-state index in [1.165, 1.54) is 0 Å². The van der Waals surface area contributed by atoms with Crippen LogP contribution < -0.4 is 9.82 Å². The van der Waals surface area contributed by atoms with Crippen molar-refractivity contribution in [1.82, 2.24) is 5.09 Å². The molecule has 0 heterocycles. The molecule has 0 aliphatic heterocycles. The number of ether oxygens (including phenoxy) is 1. The van der Waals surface area contributed by atoms with Crippen molar-refractivity contribution >= 4 is 15.4 Å². The molecule has 0 aliphatic rings. The van der Waals surface area contributed by atoms with Crippen LogP contribution in [0.4, 0.5) is 0 Å². The first-order chi connectivity index (χ1) is 5.33. The van der Waals surface area contributed by atoms with E-state index in [0.29, 0.717) is 5.75 Å². The standard InChI is InChI=1S/C7H9N2OP/c8-7(9-11)10-6-4-2-1-3-5-6/h1-5H,11H2,(H2,8,9). The first kappa shape index (κ1) is 8.02. The Morgan fingerprint density at radius 2 is 2.00 bits per heavy atom. The second-order valence-electron chi connectivity index (χ2n) is 1.89. The van der Waals surface area contributed by atoms with E-state index in [1.807, 2.05) is 18.2 Å². The van der Waals surface area contributed by atoms with Crippen LogP contribution in [0.2, 0.25) is 0 Å². The molecule has 2 N–H and O–H groups in total. The Labute approximate surface area is 67.5 Å². The molecule has 0 saturated heterocycles. The van der Waals surface area contributed by atoms with Crippen molar-refractivity contribution in [3.8, 4) is 5.75 Å². The van der Waals surface area contributed by atoms with Crippen LogP contribution in [0, 0.1) is 5.41 Å². The fraction of sp³-hybridized carbons (Fsp3) is 0. The van der Waals surface area contributed by atoms with Crippen LogP contribution in [0.1, 0.15) is 0 Å². The molecule has 0 bridgehead atoms. The summed E-state index contributed by atoms with van der Waals surface area (Å²) >= 11 is 0. The van der Waals surface area contributed by atoms with E-state index in [4.69, 9.17) is 10.1 Å². The lowest BCUT2D eigenvalue weighted by Crippen LogP contribution is -2.17. The second kappa shape index (κ2) is 3.94. The molecule has 0 aromatic heterocycles. The van der Waals surface area contributed by atoms with Gasteiger partial charge in [0, 0.05) is 0 Å². The Balaban J connectivity index is 2.58. The van der Waals surface area contributed by atoms with Crippen LogP contribution in [0.3, 0.4) is 0 Å². The third-order valence-corrected chi connectivity index (χ3v) is 1.36. The Hall–Kier alpha value is -1.08. The molecule has 0 amide bonds. The van der Waals surface area contributed by atoms with E-state index in [0.717, 1.165) is 0 Å². The van der Waals surface area contributed by atoms with Crippen LogP contribution >= 0.6 is 9.39 Å². The summed E-state index contributed by atoms with van der Waals surface area (Å²) in [4.78, 5) is 0. The summed E-state index contributed by atoms with van der Waals surface area (Å²) in [5.41, 5.74) is 0. The highest BCUT2D eigenvalue weighted by Gasteiger charge is 1.93. The molecular weight excluding hydrogens is 159 g/mol. The van der Waals surface area contributed by atoms with Gasteiger partial charge in [-0.1, -0.05) is 18.2 Å². The van der Waals surface area contributed by atoms with Crippen LogP contribution in [0.5, 0.6) is 5.75 Å². The van der Waals surface area contributed by atoms with Gasteiger partial charge in [0.25, 0.3) is 6.02 Å². The van der Waals surface area contributed by atoms with Crippen molar-refractivity contribution < 1.29 is 4.74 Å². The largest absolute Gasteiger partial charge is 0.426 e. The molecule has 1 rings (SSSR count). The molecule has 0 fully saturated rings. The van der Waals surface area contributed by atoms with E-state index in [9.17, 15) is 0 Å². The number of hydrogen-bond donors (Lipinski definition) is 2. The van der Waals surface area contributed by atoms with E-state index in [-0.39, 0.29) is 6.02 Å². The third kappa shape index (κ3) is 2.56. The minimum absolute atomic E-state index is 0.0150. The lowest BCUT2D eigenvalue weighted by atomic mass is 10.3. The predicted molar refractivity (Wildman–Crippen MR) is 47.6 cm³/mol. The molecule has 58 valence electrons. The van der Waals surface area contributed by atoms with Crippen LogP contribution in [-0.2, 0) is 0 Å². The molecule has 0 spiro atoms. The maximum Gasteiger partial charge on any atom is 0.290 e. The van der Waals surface area contributed by atoms with Crippen molar-refractivity contribution in [3.05, 3.63) is 30.3 Å². The number of amidine groups is 1. The summed E-state index contributed by atoms with van der Waals surface area (Å²) in [6.45, 7) is 0. The van der Waals surface area contributed by atoms with E-state index in [1.54, 1.807) is 12.1 Å². The minimum Gasteiger partial charge on any atom is -0.426 e. The smallest absolute Gasteiger partial charge is 0.290 e. The summed E-state index contributed by atoms with van der Waals surface area (Å²) in [7, 11) is 2.19. The second-order valence-corrected chi connectivity index (χ2v) is 2.18. The van der Waals surface area contributed by atoms with Crippen molar-refractivity contribution in [1.29, 1.82) is 5.41 Å². The lowest BCUT2D eigenvalue weighted by Gasteiger charge is -2.03. The van der Waals surface area contributed by atoms with Gasteiger partial charge in [0.2, 0.25) is 0 Å². The number of para-hydroxylation sites is 1. The highest BCUT2D eigenvalue weighted by atomic mass is 31.0. The van der Waals surface area contributed by atoms with Gasteiger partial charge in [-0.3, -0.25) is 5.41 Å². The Bertz CT molecular complexity index is 237. The van der Waals surface area contributed by atoms with Gasteiger partial charge in [0.05, 0.1) is 0 Å². The monoisotopic (exact) mass is 168 g/mol. The number of benzene rings is 1. The van der Waals surface area contributed by atoms with E-state index >= 15 is 0 Å². The van der Waals surface area contributed by atoms with Crippen molar-refractivity contribution in [2.24, 2.45) is 0 Å². The highest BCUT2D eigenvalue weighted by molar-refractivity contribution is 7.15. The predicted octanol–water partition coefficient (Wildman–Crippen LogP) is 1.38. The van der Waals surface area contributed by atoms with Crippen LogP contribution in [0.15, 0.2) is 30.3 Å². The van der Waals surface area contributed by atoms with Gasteiger partial charge in [0.15, 0.2) is 0 Å². The zero-order valence-electron chi connectivity index (χ0n) is 5.87. The molecule has 0 saturated carbocycles. The molecule has 1 aromatic carbocycles. The number of hydrogen-bond acceptors (Lipinski definition) is 2. The van der Waals surface area contributed by atoms with Gasteiger partial charge in [-0.25, -0.2) is 0 Å². The topological polar surface area (TPSA) is 45.1 Å². The van der Waals surface area contributed by atoms with Gasteiger partial charge in [-0.05, 0) is 21.5 Å². The maximum absolute atomic E-state index is 7.12. The summed E-state index contributed by atoms with van der Waals surface area (Å²) in [6.07, 6.45) is 0. The highest BCUT2D eigenvalue weighted by Crippen LogP contribution is 2.07. The Morgan fingerprint density at radius 1 is 1.36 bits per heavy atom. The first-order valence-corrected chi connectivity index (χ1v) is 3.68. The van der Waals surface area contributed by atoms with E-state index < -0.39 is 0 Å². The van der Waals surface area contributed by atoms with Gasteiger partial charge in [0.1, 0.15) is 5.75 Å². The van der Waals surface area contributed by atoms with Crippen molar-refractivity contribution in [2.75, 3.05) is 0 Å². The summed E-state index contributed by atoms with van der Waals surface area (Å²) < 4.78 is 5.01. The fourth-order valence-corrected chi connectivity index (χ4v) is 0.695. The van der Waals surface area contributed by atoms with Crippen LogP contribution in [0.25, 0.3) is 0 Å². The van der Waals surface area contributed by atoms with Gasteiger partial charge < -0.3 is 9.82 Å². The molecule has 0 aliphatic carbocycles. The normalized spacial score (nSPS) is 8.82. The zero-order chi connectivity index (χ0) is 8.10. The number of nitrogens with one attached hydrogen (secondary N) is 2. The van der Waals surface area contributed by atoms with Crippen LogP contribution in [-0.4, -0.2) is 6.02 Å². The minimum atomic E-state index is 0.0150. The lowest BCUT2D eigenvalue weighted by molar-refractivity contribution is 0.531. The molecule has 0 radical (unpaired) electrons. The third-order valence-electron chi connectivity index (χ3n) is 1.09. The molecule has 4 heteroatoms. The SMILES string of the molecule is N=C(NP)Oc1ccccc1. The fourth-order valence-electron chi connectivity index (χ4n) is 0.636. The maximum atomic E-state index is 7.12. The quantitative estimate of drug-likeness (QED) is 0.378. The Kier molecular flexibility index (Phi) is 2.87. The summed E-state index contributed by atoms with van der Waals surface area (Å²) in [5, 5.41) is 9.61. The zero-order valence-corrected chi connectivity index (χ0v) is 7.03. The molecular formula is C7H9N2OP.